The Balaban J connectivity index is 3.22. The molecule has 0 fully saturated rings. The number of hydrogen-bond acceptors (Lipinski definition) is 2. The largest absolute Gasteiger partial charge is 0.435 e. The first-order chi connectivity index (χ1) is 6.38. The van der Waals surface area contributed by atoms with E-state index >= 15 is 0 Å². The van der Waals surface area contributed by atoms with Gasteiger partial charge >= 0.3 is 6.18 Å². The Bertz CT molecular complexity index is 327. The maximum absolute atomic E-state index is 12.4. The van der Waals surface area contributed by atoms with E-state index in [1.165, 1.54) is 7.05 Å². The minimum Gasteiger partial charge on any atom is -0.384 e. The van der Waals surface area contributed by atoms with Crippen LogP contribution < -0.4 is 5.73 Å². The van der Waals surface area contributed by atoms with Gasteiger partial charge in [0, 0.05) is 12.6 Å². The summed E-state index contributed by atoms with van der Waals surface area (Å²) in [6.45, 7) is 1.80. The lowest BCUT2D eigenvalue weighted by Gasteiger charge is -2.04. The Morgan fingerprint density at radius 2 is 2.00 bits per heavy atom. The zero-order valence-electron chi connectivity index (χ0n) is 8.02. The van der Waals surface area contributed by atoms with Crippen molar-refractivity contribution >= 4 is 5.82 Å². The van der Waals surface area contributed by atoms with Crippen molar-refractivity contribution in [3.8, 4) is 0 Å². The number of halogens is 3. The second-order valence-corrected chi connectivity index (χ2v) is 3.08. The topological polar surface area (TPSA) is 43.8 Å². The minimum atomic E-state index is -4.42. The second-order valence-electron chi connectivity index (χ2n) is 3.08. The van der Waals surface area contributed by atoms with Gasteiger partial charge in [0.2, 0.25) is 0 Å². The molecule has 0 unspecified atom stereocenters. The normalized spacial score (nSPS) is 12.1. The summed E-state index contributed by atoms with van der Waals surface area (Å²) >= 11 is 0. The first kappa shape index (κ1) is 10.9. The average molecular weight is 207 g/mol. The number of rotatable bonds is 2. The molecule has 6 heteroatoms. The Morgan fingerprint density at radius 3 is 2.43 bits per heavy atom. The summed E-state index contributed by atoms with van der Waals surface area (Å²) in [5.74, 6) is 0.0965. The standard InChI is InChI=1S/C8H12F3N3/c1-3-4-5-6(8(9,10)11)13-14(2)7(5)12/h3-4,12H2,1-2H3. The molecule has 0 saturated carbocycles. The van der Waals surface area contributed by atoms with E-state index in [0.29, 0.717) is 12.8 Å². The molecule has 1 rings (SSSR count). The maximum Gasteiger partial charge on any atom is 0.435 e. The van der Waals surface area contributed by atoms with Gasteiger partial charge in [-0.15, -0.1) is 0 Å². The van der Waals surface area contributed by atoms with E-state index in [-0.39, 0.29) is 11.4 Å². The lowest BCUT2D eigenvalue weighted by Crippen LogP contribution is -2.09. The van der Waals surface area contributed by atoms with Crippen LogP contribution in [0.25, 0.3) is 0 Å². The number of aryl methyl sites for hydroxylation is 1. The number of nitrogens with two attached hydrogens (primary N) is 1. The summed E-state index contributed by atoms with van der Waals surface area (Å²) in [5, 5.41) is 3.37. The van der Waals surface area contributed by atoms with Crippen molar-refractivity contribution in [3.05, 3.63) is 11.3 Å². The molecule has 0 aliphatic heterocycles. The maximum atomic E-state index is 12.4. The first-order valence-corrected chi connectivity index (χ1v) is 4.26. The smallest absolute Gasteiger partial charge is 0.384 e. The van der Waals surface area contributed by atoms with Crippen molar-refractivity contribution in [3.63, 3.8) is 0 Å². The molecule has 0 bridgehead atoms. The zero-order valence-corrected chi connectivity index (χ0v) is 8.02. The van der Waals surface area contributed by atoms with Crippen molar-refractivity contribution in [1.29, 1.82) is 0 Å². The molecule has 0 saturated heterocycles. The molecule has 0 amide bonds. The molecule has 0 aliphatic rings. The Kier molecular flexibility index (Phi) is 2.73. The molecule has 0 aromatic carbocycles. The number of alkyl halides is 3. The second kappa shape index (κ2) is 3.51. The Morgan fingerprint density at radius 1 is 1.43 bits per heavy atom. The van der Waals surface area contributed by atoms with E-state index in [4.69, 9.17) is 5.73 Å². The minimum absolute atomic E-state index is 0.0965. The van der Waals surface area contributed by atoms with Crippen molar-refractivity contribution in [2.45, 2.75) is 25.9 Å². The van der Waals surface area contributed by atoms with Gasteiger partial charge in [0.15, 0.2) is 5.69 Å². The summed E-state index contributed by atoms with van der Waals surface area (Å²) in [6.07, 6.45) is -3.51. The number of nitrogens with zero attached hydrogens (tertiary/aromatic N) is 2. The van der Waals surface area contributed by atoms with Crippen LogP contribution in [0.2, 0.25) is 0 Å². The van der Waals surface area contributed by atoms with E-state index in [2.05, 4.69) is 5.10 Å². The predicted octanol–water partition coefficient (Wildman–Crippen LogP) is 1.97. The molecule has 1 aromatic rings. The van der Waals surface area contributed by atoms with Crippen LogP contribution in [0.4, 0.5) is 19.0 Å². The van der Waals surface area contributed by atoms with Crippen molar-refractivity contribution in [2.24, 2.45) is 7.05 Å². The molecule has 0 radical (unpaired) electrons. The first-order valence-electron chi connectivity index (χ1n) is 4.26. The highest BCUT2D eigenvalue weighted by Crippen LogP contribution is 2.33. The number of nitrogen functional groups attached to an aromatic ring is 1. The molecule has 80 valence electrons. The number of hydrogen-bond donors (Lipinski definition) is 1. The predicted molar refractivity (Wildman–Crippen MR) is 46.6 cm³/mol. The van der Waals surface area contributed by atoms with Crippen LogP contribution in [0.15, 0.2) is 0 Å². The van der Waals surface area contributed by atoms with Crippen LogP contribution in [-0.4, -0.2) is 9.78 Å². The van der Waals surface area contributed by atoms with Crippen LogP contribution in [0.5, 0.6) is 0 Å². The molecule has 0 aliphatic carbocycles. The van der Waals surface area contributed by atoms with Gasteiger partial charge in [-0.25, -0.2) is 0 Å². The van der Waals surface area contributed by atoms with Gasteiger partial charge in [-0.05, 0) is 6.42 Å². The third-order valence-electron chi connectivity index (χ3n) is 1.96. The van der Waals surface area contributed by atoms with E-state index in [1.54, 1.807) is 6.92 Å². The Labute approximate surface area is 79.7 Å². The monoisotopic (exact) mass is 207 g/mol. The van der Waals surface area contributed by atoms with Gasteiger partial charge in [-0.2, -0.15) is 18.3 Å². The van der Waals surface area contributed by atoms with Gasteiger partial charge < -0.3 is 5.73 Å². The van der Waals surface area contributed by atoms with E-state index in [1.807, 2.05) is 0 Å². The summed E-state index contributed by atoms with van der Waals surface area (Å²) < 4.78 is 38.4. The van der Waals surface area contributed by atoms with E-state index in [9.17, 15) is 13.2 Å². The van der Waals surface area contributed by atoms with Gasteiger partial charge in [0.25, 0.3) is 0 Å². The van der Waals surface area contributed by atoms with Crippen LogP contribution in [0.3, 0.4) is 0 Å². The van der Waals surface area contributed by atoms with Gasteiger partial charge in [-0.3, -0.25) is 4.68 Å². The third-order valence-corrected chi connectivity index (χ3v) is 1.96. The van der Waals surface area contributed by atoms with Crippen LogP contribution >= 0.6 is 0 Å². The number of anilines is 1. The third kappa shape index (κ3) is 1.83. The van der Waals surface area contributed by atoms with Crippen LogP contribution in [0, 0.1) is 0 Å². The fourth-order valence-electron chi connectivity index (χ4n) is 1.31. The molecule has 2 N–H and O–H groups in total. The van der Waals surface area contributed by atoms with Crippen molar-refractivity contribution in [1.82, 2.24) is 9.78 Å². The summed E-state index contributed by atoms with van der Waals surface area (Å²) in [6, 6.07) is 0. The SMILES string of the molecule is CCCc1c(C(F)(F)F)nn(C)c1N. The highest BCUT2D eigenvalue weighted by atomic mass is 19.4. The quantitative estimate of drug-likeness (QED) is 0.805. The molecule has 1 heterocycles. The average Bonchev–Trinajstić information content (AvgIpc) is 2.32. The van der Waals surface area contributed by atoms with Crippen molar-refractivity contribution < 1.29 is 13.2 Å². The van der Waals surface area contributed by atoms with Gasteiger partial charge in [-0.1, -0.05) is 13.3 Å². The van der Waals surface area contributed by atoms with E-state index in [0.717, 1.165) is 4.68 Å². The lowest BCUT2D eigenvalue weighted by atomic mass is 10.1. The molecule has 0 atom stereocenters. The lowest BCUT2D eigenvalue weighted by molar-refractivity contribution is -0.142. The highest BCUT2D eigenvalue weighted by molar-refractivity contribution is 5.44. The molecule has 1 aromatic heterocycles. The van der Waals surface area contributed by atoms with E-state index < -0.39 is 11.9 Å². The summed E-state index contributed by atoms with van der Waals surface area (Å²) in [4.78, 5) is 0. The molecule has 0 spiro atoms. The number of aromatic nitrogens is 2. The van der Waals surface area contributed by atoms with Crippen LogP contribution in [-0.2, 0) is 19.6 Å². The molecule has 14 heavy (non-hydrogen) atoms. The van der Waals surface area contributed by atoms with Gasteiger partial charge in [0.1, 0.15) is 5.82 Å². The highest BCUT2D eigenvalue weighted by Gasteiger charge is 2.37. The summed E-state index contributed by atoms with van der Waals surface area (Å²) in [5.41, 5.74) is 4.72. The van der Waals surface area contributed by atoms with Gasteiger partial charge in [0.05, 0.1) is 0 Å². The Hall–Kier alpha value is -1.20. The summed E-state index contributed by atoms with van der Waals surface area (Å²) in [7, 11) is 1.41. The zero-order chi connectivity index (χ0) is 10.9. The molecule has 3 nitrogen and oxygen atoms in total. The van der Waals surface area contributed by atoms with Crippen LogP contribution in [0.1, 0.15) is 24.6 Å². The fourth-order valence-corrected chi connectivity index (χ4v) is 1.31. The molecular formula is C8H12F3N3. The fraction of sp³-hybridized carbons (Fsp3) is 0.625. The van der Waals surface area contributed by atoms with Crippen molar-refractivity contribution in [2.75, 3.05) is 5.73 Å². The molecular weight excluding hydrogens is 195 g/mol.